The Morgan fingerprint density at radius 1 is 1.29 bits per heavy atom. The van der Waals surface area contributed by atoms with E-state index >= 15 is 0 Å². The molecular weight excluding hydrogens is 214 g/mol. The van der Waals surface area contributed by atoms with E-state index in [2.05, 4.69) is 10.1 Å². The summed E-state index contributed by atoms with van der Waals surface area (Å²) < 4.78 is 5.16. The van der Waals surface area contributed by atoms with Crippen molar-refractivity contribution in [3.63, 3.8) is 0 Å². The van der Waals surface area contributed by atoms with Crippen molar-refractivity contribution in [1.29, 1.82) is 0 Å². The molecule has 17 heavy (non-hydrogen) atoms. The average molecular weight is 231 g/mol. The Kier molecular flexibility index (Phi) is 3.24. The van der Waals surface area contributed by atoms with Gasteiger partial charge in [0.2, 0.25) is 5.89 Å². The van der Waals surface area contributed by atoms with Crippen LogP contribution in [0.15, 0.2) is 28.8 Å². The fourth-order valence-corrected chi connectivity index (χ4v) is 1.62. The van der Waals surface area contributed by atoms with Crippen molar-refractivity contribution in [2.45, 2.75) is 32.7 Å². The quantitative estimate of drug-likeness (QED) is 0.881. The fourth-order valence-electron chi connectivity index (χ4n) is 1.62. The zero-order valence-corrected chi connectivity index (χ0v) is 10.3. The normalized spacial score (nSPS) is 13.0. The molecule has 1 aromatic carbocycles. The lowest BCUT2D eigenvalue weighted by molar-refractivity contribution is 0.359. The largest absolute Gasteiger partial charge is 0.339 e. The summed E-state index contributed by atoms with van der Waals surface area (Å²) in [7, 11) is 0. The summed E-state index contributed by atoms with van der Waals surface area (Å²) in [6.07, 6.45) is 0. The molecule has 0 fully saturated rings. The molecule has 0 saturated carbocycles. The minimum absolute atomic E-state index is 0.223. The molecule has 0 amide bonds. The average Bonchev–Trinajstić information content (AvgIpc) is 2.77. The first kappa shape index (κ1) is 11.8. The summed E-state index contributed by atoms with van der Waals surface area (Å²) in [4.78, 5) is 4.31. The monoisotopic (exact) mass is 231 g/mol. The molecule has 0 aliphatic carbocycles. The van der Waals surface area contributed by atoms with Crippen LogP contribution >= 0.6 is 0 Å². The summed E-state index contributed by atoms with van der Waals surface area (Å²) in [5.74, 6) is 1.39. The number of hydrogen-bond donors (Lipinski definition) is 1. The lowest BCUT2D eigenvalue weighted by Gasteiger charge is -2.07. The maximum atomic E-state index is 6.11. The number of rotatable bonds is 3. The Bertz CT molecular complexity index is 505. The second-order valence-corrected chi connectivity index (χ2v) is 4.54. The van der Waals surface area contributed by atoms with E-state index in [1.54, 1.807) is 0 Å². The Labute approximate surface area is 101 Å². The predicted octanol–water partition coefficient (Wildman–Crippen LogP) is 2.55. The van der Waals surface area contributed by atoms with Crippen molar-refractivity contribution >= 4 is 0 Å². The molecule has 4 nitrogen and oxygen atoms in total. The van der Waals surface area contributed by atoms with Crippen LogP contribution in [0, 0.1) is 6.92 Å². The number of aryl methyl sites for hydroxylation is 1. The van der Waals surface area contributed by atoms with Crippen molar-refractivity contribution in [3.8, 4) is 0 Å². The zero-order valence-electron chi connectivity index (χ0n) is 10.3. The molecule has 0 bridgehead atoms. The molecule has 2 N–H and O–H groups in total. The van der Waals surface area contributed by atoms with E-state index in [0.717, 1.165) is 5.56 Å². The van der Waals surface area contributed by atoms with Crippen LogP contribution in [0.1, 0.15) is 48.6 Å². The van der Waals surface area contributed by atoms with Crippen molar-refractivity contribution in [1.82, 2.24) is 10.1 Å². The molecule has 1 unspecified atom stereocenters. The molecule has 0 aliphatic heterocycles. The Morgan fingerprint density at radius 2 is 2.06 bits per heavy atom. The number of hydrogen-bond acceptors (Lipinski definition) is 4. The Morgan fingerprint density at radius 3 is 2.65 bits per heavy atom. The van der Waals surface area contributed by atoms with Crippen LogP contribution in [-0.2, 0) is 0 Å². The van der Waals surface area contributed by atoms with Gasteiger partial charge in [0, 0.05) is 5.92 Å². The second kappa shape index (κ2) is 4.67. The van der Waals surface area contributed by atoms with E-state index in [1.807, 2.05) is 45.0 Å². The molecule has 1 atom stereocenters. The van der Waals surface area contributed by atoms with Gasteiger partial charge in [-0.1, -0.05) is 48.8 Å². The van der Waals surface area contributed by atoms with Gasteiger partial charge < -0.3 is 10.3 Å². The molecule has 0 spiro atoms. The van der Waals surface area contributed by atoms with E-state index in [1.165, 1.54) is 5.56 Å². The third-order valence-electron chi connectivity index (χ3n) is 2.63. The summed E-state index contributed by atoms with van der Waals surface area (Å²) in [5, 5.41) is 3.93. The smallest absolute Gasteiger partial charge is 0.229 e. The number of benzene rings is 1. The lowest BCUT2D eigenvalue weighted by Crippen LogP contribution is -2.13. The lowest BCUT2D eigenvalue weighted by atomic mass is 10.0. The van der Waals surface area contributed by atoms with Crippen LogP contribution in [0.3, 0.4) is 0 Å². The fraction of sp³-hybridized carbons (Fsp3) is 0.385. The van der Waals surface area contributed by atoms with Gasteiger partial charge in [-0.05, 0) is 12.5 Å². The van der Waals surface area contributed by atoms with Crippen molar-refractivity contribution in [2.24, 2.45) is 5.73 Å². The summed E-state index contributed by atoms with van der Waals surface area (Å²) in [5.41, 5.74) is 8.29. The van der Waals surface area contributed by atoms with Crippen LogP contribution in [0.5, 0.6) is 0 Å². The molecule has 0 saturated heterocycles. The third-order valence-corrected chi connectivity index (χ3v) is 2.63. The first-order chi connectivity index (χ1) is 8.08. The minimum Gasteiger partial charge on any atom is -0.339 e. The predicted molar refractivity (Wildman–Crippen MR) is 65.6 cm³/mol. The molecule has 4 heteroatoms. The van der Waals surface area contributed by atoms with Crippen LogP contribution in [0.25, 0.3) is 0 Å². The molecular formula is C13H17N3O. The highest BCUT2D eigenvalue weighted by Crippen LogP contribution is 2.20. The van der Waals surface area contributed by atoms with Gasteiger partial charge in [0.05, 0.1) is 6.04 Å². The summed E-state index contributed by atoms with van der Waals surface area (Å²) >= 11 is 0. The van der Waals surface area contributed by atoms with Crippen molar-refractivity contribution < 1.29 is 4.52 Å². The molecule has 0 aliphatic rings. The maximum absolute atomic E-state index is 6.11. The highest BCUT2D eigenvalue weighted by molar-refractivity contribution is 5.28. The minimum atomic E-state index is -0.328. The van der Waals surface area contributed by atoms with E-state index in [4.69, 9.17) is 10.3 Å². The first-order valence-corrected chi connectivity index (χ1v) is 5.73. The SMILES string of the molecule is Cc1cccc(C(N)c2noc(C(C)C)n2)c1. The Balaban J connectivity index is 2.27. The highest BCUT2D eigenvalue weighted by atomic mass is 16.5. The summed E-state index contributed by atoms with van der Waals surface area (Å²) in [6.45, 7) is 6.05. The van der Waals surface area contributed by atoms with Gasteiger partial charge in [-0.2, -0.15) is 4.98 Å². The Hall–Kier alpha value is -1.68. The van der Waals surface area contributed by atoms with E-state index in [9.17, 15) is 0 Å². The van der Waals surface area contributed by atoms with E-state index < -0.39 is 0 Å². The number of nitrogens with two attached hydrogens (primary N) is 1. The molecule has 2 aromatic rings. The van der Waals surface area contributed by atoms with Crippen LogP contribution in [0.2, 0.25) is 0 Å². The number of aromatic nitrogens is 2. The van der Waals surface area contributed by atoms with Gasteiger partial charge >= 0.3 is 0 Å². The number of nitrogens with zero attached hydrogens (tertiary/aromatic N) is 2. The van der Waals surface area contributed by atoms with Crippen molar-refractivity contribution in [3.05, 3.63) is 47.1 Å². The summed E-state index contributed by atoms with van der Waals surface area (Å²) in [6, 6.07) is 7.70. The van der Waals surface area contributed by atoms with E-state index in [-0.39, 0.29) is 12.0 Å². The van der Waals surface area contributed by atoms with Crippen molar-refractivity contribution in [2.75, 3.05) is 0 Å². The van der Waals surface area contributed by atoms with Gasteiger partial charge in [0.25, 0.3) is 0 Å². The standard InChI is InChI=1S/C13H17N3O/c1-8(2)13-15-12(16-17-13)11(14)10-6-4-5-9(3)7-10/h4-8,11H,14H2,1-3H3. The van der Waals surface area contributed by atoms with Crippen LogP contribution in [-0.4, -0.2) is 10.1 Å². The molecule has 90 valence electrons. The third kappa shape index (κ3) is 2.53. The highest BCUT2D eigenvalue weighted by Gasteiger charge is 2.17. The van der Waals surface area contributed by atoms with Gasteiger partial charge in [0.15, 0.2) is 5.82 Å². The first-order valence-electron chi connectivity index (χ1n) is 5.73. The topological polar surface area (TPSA) is 64.9 Å². The van der Waals surface area contributed by atoms with Crippen LogP contribution in [0.4, 0.5) is 0 Å². The van der Waals surface area contributed by atoms with Gasteiger partial charge in [-0.3, -0.25) is 0 Å². The molecule has 0 radical (unpaired) electrons. The van der Waals surface area contributed by atoms with Gasteiger partial charge in [-0.15, -0.1) is 0 Å². The maximum Gasteiger partial charge on any atom is 0.229 e. The van der Waals surface area contributed by atoms with Gasteiger partial charge in [0.1, 0.15) is 0 Å². The van der Waals surface area contributed by atoms with Gasteiger partial charge in [-0.25, -0.2) is 0 Å². The molecule has 1 heterocycles. The zero-order chi connectivity index (χ0) is 12.4. The second-order valence-electron chi connectivity index (χ2n) is 4.54. The van der Waals surface area contributed by atoms with E-state index in [0.29, 0.717) is 11.7 Å². The molecule has 1 aromatic heterocycles. The van der Waals surface area contributed by atoms with Crippen LogP contribution < -0.4 is 5.73 Å². The molecule has 2 rings (SSSR count).